The van der Waals surface area contributed by atoms with E-state index in [1.54, 1.807) is 12.1 Å². The molecule has 0 aliphatic rings. The molecule has 2 rings (SSSR count). The van der Waals surface area contributed by atoms with Crippen molar-refractivity contribution in [2.75, 3.05) is 13.6 Å². The lowest BCUT2D eigenvalue weighted by Gasteiger charge is -2.19. The highest BCUT2D eigenvalue weighted by Gasteiger charge is 2.09. The summed E-state index contributed by atoms with van der Waals surface area (Å²) >= 11 is 0. The Morgan fingerprint density at radius 3 is 2.29 bits per heavy atom. The third-order valence-electron chi connectivity index (χ3n) is 3.61. The van der Waals surface area contributed by atoms with E-state index in [0.29, 0.717) is 6.42 Å². The van der Waals surface area contributed by atoms with Gasteiger partial charge in [0.25, 0.3) is 0 Å². The summed E-state index contributed by atoms with van der Waals surface area (Å²) in [5.41, 5.74) is 3.28. The number of aliphatic hydroxyl groups excluding tert-OH is 1. The van der Waals surface area contributed by atoms with Crippen LogP contribution in [0.15, 0.2) is 48.5 Å². The summed E-state index contributed by atoms with van der Waals surface area (Å²) in [5.74, 6) is -0.276. The van der Waals surface area contributed by atoms with Crippen LogP contribution < -0.4 is 0 Å². The smallest absolute Gasteiger partial charge is 0.123 e. The summed E-state index contributed by atoms with van der Waals surface area (Å²) in [5, 5.41) is 10.1. The molecule has 0 aromatic heterocycles. The number of halogens is 1. The molecule has 21 heavy (non-hydrogen) atoms. The summed E-state index contributed by atoms with van der Waals surface area (Å²) in [6, 6.07) is 14.5. The molecule has 0 aliphatic carbocycles. The molecule has 0 spiro atoms. The molecular weight excluding hydrogens is 265 g/mol. The molecule has 112 valence electrons. The van der Waals surface area contributed by atoms with Gasteiger partial charge in [0.2, 0.25) is 0 Å². The SMILES string of the molecule is Cc1ccc(CN(C)CCC(O)c2ccc(F)cc2)cc1. The zero-order valence-corrected chi connectivity index (χ0v) is 12.6. The number of nitrogens with zero attached hydrogens (tertiary/aromatic N) is 1. The maximum atomic E-state index is 12.8. The fourth-order valence-electron chi connectivity index (χ4n) is 2.28. The van der Waals surface area contributed by atoms with Crippen molar-refractivity contribution >= 4 is 0 Å². The first-order valence-electron chi connectivity index (χ1n) is 7.22. The molecule has 0 aliphatic heterocycles. The Hall–Kier alpha value is -1.71. The van der Waals surface area contributed by atoms with Crippen molar-refractivity contribution in [3.8, 4) is 0 Å². The quantitative estimate of drug-likeness (QED) is 0.876. The molecule has 3 heteroatoms. The van der Waals surface area contributed by atoms with Crippen molar-refractivity contribution in [3.05, 3.63) is 71.0 Å². The molecule has 0 fully saturated rings. The second-order valence-corrected chi connectivity index (χ2v) is 5.58. The molecule has 2 nitrogen and oxygen atoms in total. The standard InChI is InChI=1S/C18H22FNO/c1-14-3-5-15(6-4-14)13-20(2)12-11-18(21)16-7-9-17(19)10-8-16/h3-10,18,21H,11-13H2,1-2H3. The molecule has 0 bridgehead atoms. The number of hydrogen-bond donors (Lipinski definition) is 1. The minimum absolute atomic E-state index is 0.276. The highest BCUT2D eigenvalue weighted by atomic mass is 19.1. The van der Waals surface area contributed by atoms with Gasteiger partial charge in [-0.25, -0.2) is 4.39 Å². The summed E-state index contributed by atoms with van der Waals surface area (Å²) < 4.78 is 12.8. The average Bonchev–Trinajstić information content (AvgIpc) is 2.48. The Labute approximate surface area is 125 Å². The predicted molar refractivity (Wildman–Crippen MR) is 83.5 cm³/mol. The maximum Gasteiger partial charge on any atom is 0.123 e. The largest absolute Gasteiger partial charge is 0.388 e. The Morgan fingerprint density at radius 2 is 1.67 bits per heavy atom. The fraction of sp³-hybridized carbons (Fsp3) is 0.333. The molecule has 0 saturated carbocycles. The lowest BCUT2D eigenvalue weighted by atomic mass is 10.1. The van der Waals surface area contributed by atoms with Crippen LogP contribution in [0.4, 0.5) is 4.39 Å². The van der Waals surface area contributed by atoms with Crippen molar-refractivity contribution in [1.29, 1.82) is 0 Å². The van der Waals surface area contributed by atoms with Crippen LogP contribution in [0.2, 0.25) is 0 Å². The van der Waals surface area contributed by atoms with Crippen LogP contribution in [0.1, 0.15) is 29.2 Å². The third-order valence-corrected chi connectivity index (χ3v) is 3.61. The predicted octanol–water partition coefficient (Wildman–Crippen LogP) is 3.69. The van der Waals surface area contributed by atoms with Gasteiger partial charge in [0, 0.05) is 13.1 Å². The topological polar surface area (TPSA) is 23.5 Å². The molecule has 2 aromatic rings. The lowest BCUT2D eigenvalue weighted by molar-refractivity contribution is 0.147. The zero-order chi connectivity index (χ0) is 15.2. The lowest BCUT2D eigenvalue weighted by Crippen LogP contribution is -2.20. The number of aryl methyl sites for hydroxylation is 1. The van der Waals surface area contributed by atoms with Crippen LogP contribution in [-0.4, -0.2) is 23.6 Å². The van der Waals surface area contributed by atoms with Crippen molar-refractivity contribution in [2.24, 2.45) is 0 Å². The zero-order valence-electron chi connectivity index (χ0n) is 12.6. The fourth-order valence-corrected chi connectivity index (χ4v) is 2.28. The minimum Gasteiger partial charge on any atom is -0.388 e. The second kappa shape index (κ2) is 7.34. The van der Waals surface area contributed by atoms with E-state index in [1.165, 1.54) is 23.3 Å². The molecular formula is C18H22FNO. The van der Waals surface area contributed by atoms with E-state index >= 15 is 0 Å². The Balaban J connectivity index is 1.81. The molecule has 1 atom stereocenters. The van der Waals surface area contributed by atoms with Crippen LogP contribution in [0, 0.1) is 12.7 Å². The highest BCUT2D eigenvalue weighted by Crippen LogP contribution is 2.17. The van der Waals surface area contributed by atoms with E-state index in [-0.39, 0.29) is 5.82 Å². The van der Waals surface area contributed by atoms with Gasteiger partial charge in [-0.2, -0.15) is 0 Å². The number of aliphatic hydroxyl groups is 1. The molecule has 1 N–H and O–H groups in total. The molecule has 0 heterocycles. The Kier molecular flexibility index (Phi) is 5.48. The first kappa shape index (κ1) is 15.7. The minimum atomic E-state index is -0.550. The van der Waals surface area contributed by atoms with Crippen molar-refractivity contribution < 1.29 is 9.50 Å². The van der Waals surface area contributed by atoms with Gasteiger partial charge < -0.3 is 10.0 Å². The van der Waals surface area contributed by atoms with Gasteiger partial charge in [-0.15, -0.1) is 0 Å². The number of rotatable bonds is 6. The van der Waals surface area contributed by atoms with E-state index in [2.05, 4.69) is 36.1 Å². The summed E-state index contributed by atoms with van der Waals surface area (Å²) in [7, 11) is 2.04. The number of hydrogen-bond acceptors (Lipinski definition) is 2. The van der Waals surface area contributed by atoms with Crippen molar-refractivity contribution in [3.63, 3.8) is 0 Å². The van der Waals surface area contributed by atoms with E-state index in [1.807, 2.05) is 7.05 Å². The van der Waals surface area contributed by atoms with E-state index in [4.69, 9.17) is 0 Å². The van der Waals surface area contributed by atoms with Gasteiger partial charge >= 0.3 is 0 Å². The average molecular weight is 287 g/mol. The summed E-state index contributed by atoms with van der Waals surface area (Å²) in [6.07, 6.45) is 0.0830. The van der Waals surface area contributed by atoms with Crippen molar-refractivity contribution in [2.45, 2.75) is 26.0 Å². The van der Waals surface area contributed by atoms with Gasteiger partial charge in [-0.05, 0) is 43.7 Å². The molecule has 0 radical (unpaired) electrons. The molecule has 0 saturated heterocycles. The second-order valence-electron chi connectivity index (χ2n) is 5.58. The Morgan fingerprint density at radius 1 is 1.05 bits per heavy atom. The van der Waals surface area contributed by atoms with E-state index in [9.17, 15) is 9.50 Å². The number of benzene rings is 2. The van der Waals surface area contributed by atoms with E-state index in [0.717, 1.165) is 18.7 Å². The normalized spacial score (nSPS) is 12.6. The molecule has 1 unspecified atom stereocenters. The van der Waals surface area contributed by atoms with Gasteiger partial charge in [0.15, 0.2) is 0 Å². The van der Waals surface area contributed by atoms with Crippen LogP contribution >= 0.6 is 0 Å². The van der Waals surface area contributed by atoms with Crippen LogP contribution in [0.5, 0.6) is 0 Å². The van der Waals surface area contributed by atoms with E-state index < -0.39 is 6.10 Å². The van der Waals surface area contributed by atoms with Crippen LogP contribution in [0.3, 0.4) is 0 Å². The van der Waals surface area contributed by atoms with Gasteiger partial charge in [-0.1, -0.05) is 42.0 Å². The van der Waals surface area contributed by atoms with Gasteiger partial charge in [-0.3, -0.25) is 0 Å². The first-order valence-corrected chi connectivity index (χ1v) is 7.22. The summed E-state index contributed by atoms with van der Waals surface area (Å²) in [4.78, 5) is 2.18. The van der Waals surface area contributed by atoms with Crippen LogP contribution in [-0.2, 0) is 6.54 Å². The first-order chi connectivity index (χ1) is 10.0. The van der Waals surface area contributed by atoms with Gasteiger partial charge in [0.1, 0.15) is 5.82 Å². The van der Waals surface area contributed by atoms with Crippen LogP contribution in [0.25, 0.3) is 0 Å². The maximum absolute atomic E-state index is 12.8. The van der Waals surface area contributed by atoms with Crippen molar-refractivity contribution in [1.82, 2.24) is 4.90 Å². The Bertz CT molecular complexity index is 550. The van der Waals surface area contributed by atoms with Gasteiger partial charge in [0.05, 0.1) is 6.10 Å². The highest BCUT2D eigenvalue weighted by molar-refractivity contribution is 5.21. The third kappa shape index (κ3) is 4.96. The molecule has 0 amide bonds. The summed E-state index contributed by atoms with van der Waals surface area (Å²) in [6.45, 7) is 3.72. The monoisotopic (exact) mass is 287 g/mol. The molecule has 2 aromatic carbocycles.